The summed E-state index contributed by atoms with van der Waals surface area (Å²) in [5.74, 6) is 0.611. The Labute approximate surface area is 234 Å². The molecule has 5 aromatic rings. The first kappa shape index (κ1) is 25.9. The highest BCUT2D eigenvalue weighted by atomic mass is 79.9. The van der Waals surface area contributed by atoms with Crippen LogP contribution < -0.4 is 15.4 Å². The number of nitrogens with zero attached hydrogens (tertiary/aromatic N) is 4. The molecule has 2 amide bonds. The molecule has 0 saturated carbocycles. The van der Waals surface area contributed by atoms with E-state index in [1.54, 1.807) is 24.3 Å². The number of halogens is 1. The van der Waals surface area contributed by atoms with E-state index in [-0.39, 0.29) is 24.1 Å². The van der Waals surface area contributed by atoms with Gasteiger partial charge in [-0.2, -0.15) is 0 Å². The number of fused-ring (bicyclic) bond motifs is 1. The van der Waals surface area contributed by atoms with Gasteiger partial charge >= 0.3 is 0 Å². The van der Waals surface area contributed by atoms with Crippen molar-refractivity contribution in [2.24, 2.45) is 0 Å². The second-order valence-electron chi connectivity index (χ2n) is 7.92. The molecular weight excluding hydrogens is 588 g/mol. The first-order valence-corrected chi connectivity index (χ1v) is 14.0. The van der Waals surface area contributed by atoms with Crippen LogP contribution in [-0.2, 0) is 11.3 Å². The first-order valence-electron chi connectivity index (χ1n) is 11.4. The predicted molar refractivity (Wildman–Crippen MR) is 152 cm³/mol. The third-order valence-electron chi connectivity index (χ3n) is 5.42. The van der Waals surface area contributed by atoms with Crippen LogP contribution in [0.5, 0.6) is 5.75 Å². The van der Waals surface area contributed by atoms with E-state index in [2.05, 4.69) is 41.7 Å². The summed E-state index contributed by atoms with van der Waals surface area (Å²) < 4.78 is 9.05. The fourth-order valence-electron chi connectivity index (χ4n) is 3.66. The van der Waals surface area contributed by atoms with Crippen LogP contribution in [-0.4, -0.2) is 44.4 Å². The fourth-order valence-corrected chi connectivity index (χ4v) is 5.57. The second-order valence-corrected chi connectivity index (χ2v) is 10.8. The monoisotopic (exact) mass is 608 g/mol. The summed E-state index contributed by atoms with van der Waals surface area (Å²) in [6.07, 6.45) is 0. The van der Waals surface area contributed by atoms with Gasteiger partial charge in [0.05, 0.1) is 35.2 Å². The summed E-state index contributed by atoms with van der Waals surface area (Å²) in [5.41, 5.74) is 2.06. The number of hydrogen-bond acceptors (Lipinski definition) is 8. The van der Waals surface area contributed by atoms with E-state index in [1.165, 1.54) is 30.2 Å². The Morgan fingerprint density at radius 3 is 2.58 bits per heavy atom. The molecule has 12 heteroatoms. The molecule has 2 aromatic heterocycles. The van der Waals surface area contributed by atoms with Gasteiger partial charge in [-0.25, -0.2) is 4.98 Å². The average Bonchev–Trinajstić information content (AvgIpc) is 3.54. The lowest BCUT2D eigenvalue weighted by molar-refractivity contribution is -0.113. The van der Waals surface area contributed by atoms with Crippen LogP contribution in [0.15, 0.2) is 82.4 Å². The van der Waals surface area contributed by atoms with Gasteiger partial charge in [0.2, 0.25) is 5.91 Å². The number of rotatable bonds is 9. The number of hydrogen-bond donors (Lipinski definition) is 2. The van der Waals surface area contributed by atoms with Crippen LogP contribution in [0.1, 0.15) is 16.2 Å². The van der Waals surface area contributed by atoms with E-state index < -0.39 is 0 Å². The highest BCUT2D eigenvalue weighted by Crippen LogP contribution is 2.27. The molecule has 2 heterocycles. The SMILES string of the molecule is COc1ccccc1C(=O)NCc1nnc(SCC(=O)Nc2nc3ccccc3s2)n1-c1ccc(Br)cc1. The highest BCUT2D eigenvalue weighted by molar-refractivity contribution is 9.10. The fraction of sp³-hybridized carbons (Fsp3) is 0.115. The smallest absolute Gasteiger partial charge is 0.255 e. The maximum absolute atomic E-state index is 12.8. The molecule has 0 atom stereocenters. The standard InChI is InChI=1S/C26H21BrN6O3S2/c1-36-20-8-4-2-6-18(20)24(35)28-14-22-31-32-26(33(22)17-12-10-16(27)11-13-17)37-15-23(34)30-25-29-19-7-3-5-9-21(19)38-25/h2-13H,14-15H2,1H3,(H,28,35)(H,29,30,34). The quantitative estimate of drug-likeness (QED) is 0.218. The number of anilines is 1. The molecule has 0 unspecified atom stereocenters. The van der Waals surface area contributed by atoms with E-state index in [4.69, 9.17) is 4.74 Å². The Kier molecular flexibility index (Phi) is 8.01. The van der Waals surface area contributed by atoms with Gasteiger partial charge in [0.25, 0.3) is 5.91 Å². The molecule has 38 heavy (non-hydrogen) atoms. The van der Waals surface area contributed by atoms with Gasteiger partial charge in [0, 0.05) is 10.2 Å². The molecule has 0 bridgehead atoms. The summed E-state index contributed by atoms with van der Waals surface area (Å²) in [6.45, 7) is 0.123. The predicted octanol–water partition coefficient (Wildman–Crippen LogP) is 5.31. The molecule has 0 aliphatic heterocycles. The number of nitrogens with one attached hydrogen (secondary N) is 2. The lowest BCUT2D eigenvalue weighted by Crippen LogP contribution is -2.25. The number of carbonyl (C=O) groups excluding carboxylic acids is 2. The second kappa shape index (κ2) is 11.8. The van der Waals surface area contributed by atoms with E-state index in [9.17, 15) is 9.59 Å². The van der Waals surface area contributed by atoms with Crippen molar-refractivity contribution < 1.29 is 14.3 Å². The van der Waals surface area contributed by atoms with Gasteiger partial charge in [-0.05, 0) is 48.5 Å². The number of amides is 2. The molecule has 0 aliphatic carbocycles. The minimum atomic E-state index is -0.294. The number of ether oxygens (including phenoxy) is 1. The van der Waals surface area contributed by atoms with Crippen molar-refractivity contribution in [1.29, 1.82) is 0 Å². The van der Waals surface area contributed by atoms with Crippen LogP contribution in [0.25, 0.3) is 15.9 Å². The van der Waals surface area contributed by atoms with Crippen molar-refractivity contribution in [3.63, 3.8) is 0 Å². The number of benzene rings is 3. The molecule has 9 nitrogen and oxygen atoms in total. The van der Waals surface area contributed by atoms with E-state index >= 15 is 0 Å². The van der Waals surface area contributed by atoms with Crippen molar-refractivity contribution in [3.8, 4) is 11.4 Å². The minimum absolute atomic E-state index is 0.109. The Hall–Kier alpha value is -3.74. The van der Waals surface area contributed by atoms with Crippen LogP contribution in [0, 0.1) is 0 Å². The van der Waals surface area contributed by atoms with E-state index in [1.807, 2.05) is 53.1 Å². The number of methoxy groups -OCH3 is 1. The lowest BCUT2D eigenvalue weighted by atomic mass is 10.2. The van der Waals surface area contributed by atoms with Crippen LogP contribution in [0.3, 0.4) is 0 Å². The van der Waals surface area contributed by atoms with Crippen molar-refractivity contribution in [1.82, 2.24) is 25.1 Å². The zero-order chi connectivity index (χ0) is 26.5. The topological polar surface area (TPSA) is 111 Å². The number of para-hydroxylation sites is 2. The number of carbonyl (C=O) groups is 2. The lowest BCUT2D eigenvalue weighted by Gasteiger charge is -2.12. The van der Waals surface area contributed by atoms with Crippen LogP contribution in [0.2, 0.25) is 0 Å². The third-order valence-corrected chi connectivity index (χ3v) is 7.83. The summed E-state index contributed by atoms with van der Waals surface area (Å²) in [5, 5.41) is 15.4. The van der Waals surface area contributed by atoms with Crippen molar-refractivity contribution >= 4 is 66.2 Å². The Morgan fingerprint density at radius 2 is 1.79 bits per heavy atom. The van der Waals surface area contributed by atoms with E-state index in [0.717, 1.165) is 20.4 Å². The summed E-state index contributed by atoms with van der Waals surface area (Å²) in [4.78, 5) is 30.0. The highest BCUT2D eigenvalue weighted by Gasteiger charge is 2.18. The Morgan fingerprint density at radius 1 is 1.03 bits per heavy atom. The van der Waals surface area contributed by atoms with Crippen molar-refractivity contribution in [3.05, 3.63) is 88.7 Å². The summed E-state index contributed by atoms with van der Waals surface area (Å²) in [7, 11) is 1.52. The minimum Gasteiger partial charge on any atom is -0.496 e. The Balaban J connectivity index is 1.32. The molecule has 2 N–H and O–H groups in total. The van der Waals surface area contributed by atoms with Crippen LogP contribution in [0.4, 0.5) is 5.13 Å². The molecular formula is C26H21BrN6O3S2. The summed E-state index contributed by atoms with van der Waals surface area (Å²) >= 11 is 6.13. The molecule has 3 aromatic carbocycles. The molecule has 5 rings (SSSR count). The zero-order valence-electron chi connectivity index (χ0n) is 20.1. The maximum atomic E-state index is 12.8. The van der Waals surface area contributed by atoms with Gasteiger partial charge < -0.3 is 15.4 Å². The molecule has 0 aliphatic rings. The van der Waals surface area contributed by atoms with Gasteiger partial charge in [0.1, 0.15) is 5.75 Å². The van der Waals surface area contributed by atoms with Crippen molar-refractivity contribution in [2.75, 3.05) is 18.2 Å². The average molecular weight is 610 g/mol. The largest absolute Gasteiger partial charge is 0.496 e. The first-order chi connectivity index (χ1) is 18.5. The van der Waals surface area contributed by atoms with Gasteiger partial charge in [-0.1, -0.05) is 63.3 Å². The Bertz CT molecular complexity index is 1570. The number of aromatic nitrogens is 4. The molecule has 0 saturated heterocycles. The van der Waals surface area contributed by atoms with Gasteiger partial charge in [0.15, 0.2) is 16.1 Å². The van der Waals surface area contributed by atoms with E-state index in [0.29, 0.717) is 27.4 Å². The molecule has 0 spiro atoms. The van der Waals surface area contributed by atoms with Crippen LogP contribution >= 0.6 is 39.0 Å². The zero-order valence-corrected chi connectivity index (χ0v) is 23.3. The third kappa shape index (κ3) is 5.87. The number of thioether (sulfide) groups is 1. The number of thiazole rings is 1. The van der Waals surface area contributed by atoms with Gasteiger partial charge in [-0.15, -0.1) is 10.2 Å². The van der Waals surface area contributed by atoms with Gasteiger partial charge in [-0.3, -0.25) is 14.2 Å². The maximum Gasteiger partial charge on any atom is 0.255 e. The van der Waals surface area contributed by atoms with Crippen molar-refractivity contribution in [2.45, 2.75) is 11.7 Å². The molecule has 0 fully saturated rings. The summed E-state index contributed by atoms with van der Waals surface area (Å²) in [6, 6.07) is 22.3. The molecule has 0 radical (unpaired) electrons. The normalized spacial score (nSPS) is 10.9. The molecule has 192 valence electrons.